The van der Waals surface area contributed by atoms with Gasteiger partial charge in [0.05, 0.1) is 11.5 Å². The van der Waals surface area contributed by atoms with Crippen molar-refractivity contribution in [1.82, 2.24) is 5.32 Å². The number of nitrogens with one attached hydrogen (secondary N) is 1. The Morgan fingerprint density at radius 1 is 1.29 bits per heavy atom. The first-order chi connectivity index (χ1) is 8.11. The highest BCUT2D eigenvalue weighted by atomic mass is 32.1. The summed E-state index contributed by atoms with van der Waals surface area (Å²) in [6.45, 7) is 2.40. The SMILES string of the molecule is CCc1ccc(CCC(=O)NCC(N)=S)cc1. The van der Waals surface area contributed by atoms with Crippen molar-refractivity contribution in [3.8, 4) is 0 Å². The number of aryl methyl sites for hydroxylation is 2. The van der Waals surface area contributed by atoms with E-state index in [0.29, 0.717) is 11.4 Å². The van der Waals surface area contributed by atoms with Gasteiger partial charge >= 0.3 is 0 Å². The first-order valence-electron chi connectivity index (χ1n) is 5.74. The van der Waals surface area contributed by atoms with Crippen LogP contribution >= 0.6 is 12.2 Å². The average molecular weight is 250 g/mol. The molecule has 0 atom stereocenters. The third-order valence-electron chi connectivity index (χ3n) is 2.53. The minimum absolute atomic E-state index is 0.0163. The second-order valence-electron chi connectivity index (χ2n) is 3.91. The maximum absolute atomic E-state index is 11.4. The molecule has 4 heteroatoms. The Bertz CT molecular complexity index is 387. The molecule has 0 aromatic heterocycles. The van der Waals surface area contributed by atoms with Crippen molar-refractivity contribution < 1.29 is 4.79 Å². The highest BCUT2D eigenvalue weighted by Gasteiger charge is 2.02. The number of nitrogens with two attached hydrogens (primary N) is 1. The normalized spacial score (nSPS) is 9.94. The van der Waals surface area contributed by atoms with E-state index in [2.05, 4.69) is 48.7 Å². The van der Waals surface area contributed by atoms with Crippen molar-refractivity contribution in [3.05, 3.63) is 35.4 Å². The van der Waals surface area contributed by atoms with E-state index in [0.717, 1.165) is 12.8 Å². The van der Waals surface area contributed by atoms with E-state index in [4.69, 9.17) is 5.73 Å². The van der Waals surface area contributed by atoms with E-state index >= 15 is 0 Å². The molecule has 0 saturated carbocycles. The molecule has 0 heterocycles. The minimum atomic E-state index is -0.0163. The van der Waals surface area contributed by atoms with Crippen LogP contribution in [-0.4, -0.2) is 17.4 Å². The van der Waals surface area contributed by atoms with Crippen LogP contribution < -0.4 is 11.1 Å². The second-order valence-corrected chi connectivity index (χ2v) is 4.44. The van der Waals surface area contributed by atoms with Crippen LogP contribution in [0.5, 0.6) is 0 Å². The number of thiocarbonyl (C=S) groups is 1. The summed E-state index contributed by atoms with van der Waals surface area (Å²) < 4.78 is 0. The van der Waals surface area contributed by atoms with Gasteiger partial charge in [-0.3, -0.25) is 4.79 Å². The van der Waals surface area contributed by atoms with Gasteiger partial charge < -0.3 is 11.1 Å². The molecule has 0 fully saturated rings. The second kappa shape index (κ2) is 7.01. The summed E-state index contributed by atoms with van der Waals surface area (Å²) in [6, 6.07) is 8.34. The zero-order chi connectivity index (χ0) is 12.7. The third-order valence-corrected chi connectivity index (χ3v) is 2.68. The molecule has 0 radical (unpaired) electrons. The molecule has 0 aliphatic carbocycles. The Kier molecular flexibility index (Phi) is 5.63. The lowest BCUT2D eigenvalue weighted by atomic mass is 10.1. The Labute approximate surface area is 107 Å². The van der Waals surface area contributed by atoms with Crippen LogP contribution in [-0.2, 0) is 17.6 Å². The van der Waals surface area contributed by atoms with Gasteiger partial charge in [0.25, 0.3) is 0 Å². The van der Waals surface area contributed by atoms with E-state index in [1.54, 1.807) is 0 Å². The molecule has 1 aromatic carbocycles. The van der Waals surface area contributed by atoms with Gasteiger partial charge in [0.15, 0.2) is 0 Å². The largest absolute Gasteiger partial charge is 0.392 e. The van der Waals surface area contributed by atoms with Crippen LogP contribution in [0.3, 0.4) is 0 Å². The summed E-state index contributed by atoms with van der Waals surface area (Å²) in [4.78, 5) is 11.7. The van der Waals surface area contributed by atoms with E-state index in [1.165, 1.54) is 11.1 Å². The van der Waals surface area contributed by atoms with Crippen molar-refractivity contribution in [2.75, 3.05) is 6.54 Å². The van der Waals surface area contributed by atoms with E-state index in [1.807, 2.05) is 0 Å². The van der Waals surface area contributed by atoms with Crippen LogP contribution in [0.25, 0.3) is 0 Å². The molecule has 0 aliphatic rings. The minimum Gasteiger partial charge on any atom is -0.392 e. The number of hydrogen-bond acceptors (Lipinski definition) is 2. The number of rotatable bonds is 6. The zero-order valence-electron chi connectivity index (χ0n) is 10.0. The quantitative estimate of drug-likeness (QED) is 0.754. The van der Waals surface area contributed by atoms with Gasteiger partial charge in [-0.15, -0.1) is 0 Å². The summed E-state index contributed by atoms with van der Waals surface area (Å²) in [6.07, 6.45) is 2.25. The van der Waals surface area contributed by atoms with Crippen LogP contribution in [0.15, 0.2) is 24.3 Å². The molecule has 92 valence electrons. The molecule has 17 heavy (non-hydrogen) atoms. The van der Waals surface area contributed by atoms with Crippen molar-refractivity contribution >= 4 is 23.1 Å². The highest BCUT2D eigenvalue weighted by molar-refractivity contribution is 7.80. The fourth-order valence-electron chi connectivity index (χ4n) is 1.47. The van der Waals surface area contributed by atoms with Crippen molar-refractivity contribution in [2.45, 2.75) is 26.2 Å². The molecule has 1 rings (SSSR count). The Hall–Kier alpha value is -1.42. The van der Waals surface area contributed by atoms with Gasteiger partial charge in [-0.05, 0) is 24.0 Å². The Morgan fingerprint density at radius 3 is 2.41 bits per heavy atom. The molecule has 3 nitrogen and oxygen atoms in total. The summed E-state index contributed by atoms with van der Waals surface area (Å²) in [5, 5.41) is 2.67. The van der Waals surface area contributed by atoms with Gasteiger partial charge in [0.2, 0.25) is 5.91 Å². The molecule has 1 aromatic rings. The van der Waals surface area contributed by atoms with Crippen LogP contribution in [0.4, 0.5) is 0 Å². The molecule has 0 aliphatic heterocycles. The van der Waals surface area contributed by atoms with Crippen molar-refractivity contribution in [3.63, 3.8) is 0 Å². The average Bonchev–Trinajstić information content (AvgIpc) is 2.34. The summed E-state index contributed by atoms with van der Waals surface area (Å²) >= 11 is 4.68. The van der Waals surface area contributed by atoms with Gasteiger partial charge in [-0.2, -0.15) is 0 Å². The van der Waals surface area contributed by atoms with Crippen LogP contribution in [0, 0.1) is 0 Å². The lowest BCUT2D eigenvalue weighted by Crippen LogP contribution is -2.32. The lowest BCUT2D eigenvalue weighted by molar-refractivity contribution is -0.120. The predicted octanol–water partition coefficient (Wildman–Crippen LogP) is 1.58. The Morgan fingerprint density at radius 2 is 1.88 bits per heavy atom. The number of carbonyl (C=O) groups is 1. The molecule has 0 spiro atoms. The Balaban J connectivity index is 2.34. The third kappa shape index (κ3) is 5.45. The maximum atomic E-state index is 11.4. The molecular formula is C13H18N2OS. The van der Waals surface area contributed by atoms with E-state index < -0.39 is 0 Å². The fourth-order valence-corrected chi connectivity index (χ4v) is 1.55. The van der Waals surface area contributed by atoms with Crippen molar-refractivity contribution in [2.24, 2.45) is 5.73 Å². The van der Waals surface area contributed by atoms with E-state index in [9.17, 15) is 4.79 Å². The topological polar surface area (TPSA) is 55.1 Å². The number of benzene rings is 1. The van der Waals surface area contributed by atoms with Gasteiger partial charge in [0.1, 0.15) is 0 Å². The number of hydrogen-bond donors (Lipinski definition) is 2. The molecule has 0 unspecified atom stereocenters. The molecule has 0 bridgehead atoms. The standard InChI is InChI=1S/C13H18N2OS/c1-2-10-3-5-11(6-4-10)7-8-13(16)15-9-12(14)17/h3-6H,2,7-9H2,1H3,(H2,14,17)(H,15,16). The zero-order valence-corrected chi connectivity index (χ0v) is 10.8. The smallest absolute Gasteiger partial charge is 0.220 e. The maximum Gasteiger partial charge on any atom is 0.220 e. The van der Waals surface area contributed by atoms with Gasteiger partial charge in [-0.1, -0.05) is 43.4 Å². The molecule has 1 amide bonds. The summed E-state index contributed by atoms with van der Waals surface area (Å²) in [5.41, 5.74) is 7.78. The molecular weight excluding hydrogens is 232 g/mol. The number of carbonyl (C=O) groups excluding carboxylic acids is 1. The number of amides is 1. The van der Waals surface area contributed by atoms with Gasteiger partial charge in [-0.25, -0.2) is 0 Å². The summed E-state index contributed by atoms with van der Waals surface area (Å²) in [5.74, 6) is -0.0163. The monoisotopic (exact) mass is 250 g/mol. The van der Waals surface area contributed by atoms with Crippen molar-refractivity contribution in [1.29, 1.82) is 0 Å². The highest BCUT2D eigenvalue weighted by Crippen LogP contribution is 2.07. The molecule has 3 N–H and O–H groups in total. The first kappa shape index (κ1) is 13.6. The van der Waals surface area contributed by atoms with Crippen LogP contribution in [0.1, 0.15) is 24.5 Å². The molecule has 0 saturated heterocycles. The lowest BCUT2D eigenvalue weighted by Gasteiger charge is -2.04. The van der Waals surface area contributed by atoms with Gasteiger partial charge in [0, 0.05) is 6.42 Å². The summed E-state index contributed by atoms with van der Waals surface area (Å²) in [7, 11) is 0. The predicted molar refractivity (Wildman–Crippen MR) is 73.9 cm³/mol. The van der Waals surface area contributed by atoms with E-state index in [-0.39, 0.29) is 12.5 Å². The fraction of sp³-hybridized carbons (Fsp3) is 0.385. The van der Waals surface area contributed by atoms with Crippen LogP contribution in [0.2, 0.25) is 0 Å². The first-order valence-corrected chi connectivity index (χ1v) is 6.15.